The fourth-order valence-corrected chi connectivity index (χ4v) is 1.87. The molecule has 4 heteroatoms. The molecular formula is C13H18N4. The third kappa shape index (κ3) is 2.36. The molecule has 0 atom stereocenters. The summed E-state index contributed by atoms with van der Waals surface area (Å²) >= 11 is 0. The standard InChI is InChI=1S/C13H18N4/c1-10-13(11-5-4-7-15-9-11)16-12(17(10)3)6-8-14-2/h4-5,7,9,14H,6,8H2,1-3H3. The number of aromatic nitrogens is 3. The maximum absolute atomic E-state index is 4.70. The predicted molar refractivity (Wildman–Crippen MR) is 68.8 cm³/mol. The second-order valence-corrected chi connectivity index (χ2v) is 4.12. The Hall–Kier alpha value is -1.68. The second kappa shape index (κ2) is 5.10. The van der Waals surface area contributed by atoms with Crippen LogP contribution in [0.2, 0.25) is 0 Å². The van der Waals surface area contributed by atoms with Crippen molar-refractivity contribution in [3.63, 3.8) is 0 Å². The van der Waals surface area contributed by atoms with Crippen LogP contribution in [0, 0.1) is 6.92 Å². The number of pyridine rings is 1. The van der Waals surface area contributed by atoms with E-state index in [-0.39, 0.29) is 0 Å². The smallest absolute Gasteiger partial charge is 0.110 e. The van der Waals surface area contributed by atoms with Gasteiger partial charge in [-0.1, -0.05) is 0 Å². The molecule has 0 saturated heterocycles. The van der Waals surface area contributed by atoms with Crippen LogP contribution in [0.25, 0.3) is 11.3 Å². The van der Waals surface area contributed by atoms with Crippen molar-refractivity contribution in [3.05, 3.63) is 36.0 Å². The number of hydrogen-bond acceptors (Lipinski definition) is 3. The van der Waals surface area contributed by atoms with Gasteiger partial charge in [0, 0.05) is 43.7 Å². The van der Waals surface area contributed by atoms with E-state index in [0.29, 0.717) is 0 Å². The summed E-state index contributed by atoms with van der Waals surface area (Å²) in [5.74, 6) is 1.11. The van der Waals surface area contributed by atoms with E-state index >= 15 is 0 Å². The van der Waals surface area contributed by atoms with Gasteiger partial charge in [0.25, 0.3) is 0 Å². The van der Waals surface area contributed by atoms with Gasteiger partial charge in [-0.15, -0.1) is 0 Å². The third-order valence-electron chi connectivity index (χ3n) is 3.01. The van der Waals surface area contributed by atoms with E-state index in [1.165, 1.54) is 5.69 Å². The van der Waals surface area contributed by atoms with Gasteiger partial charge in [0.1, 0.15) is 5.82 Å². The highest BCUT2D eigenvalue weighted by molar-refractivity contribution is 5.60. The van der Waals surface area contributed by atoms with Gasteiger partial charge < -0.3 is 9.88 Å². The molecule has 0 saturated carbocycles. The van der Waals surface area contributed by atoms with E-state index < -0.39 is 0 Å². The summed E-state index contributed by atoms with van der Waals surface area (Å²) in [6.07, 6.45) is 4.58. The maximum atomic E-state index is 4.70. The van der Waals surface area contributed by atoms with Crippen LogP contribution in [0.4, 0.5) is 0 Å². The van der Waals surface area contributed by atoms with Gasteiger partial charge in [-0.05, 0) is 26.1 Å². The SMILES string of the molecule is CNCCc1nc(-c2cccnc2)c(C)n1C. The largest absolute Gasteiger partial charge is 0.335 e. The fourth-order valence-electron chi connectivity index (χ4n) is 1.87. The Labute approximate surface area is 102 Å². The van der Waals surface area contributed by atoms with Gasteiger partial charge in [0.2, 0.25) is 0 Å². The molecular weight excluding hydrogens is 212 g/mol. The molecule has 4 nitrogen and oxygen atoms in total. The number of likely N-dealkylation sites (N-methyl/N-ethyl adjacent to an activating group) is 1. The van der Waals surface area contributed by atoms with Crippen LogP contribution in [-0.2, 0) is 13.5 Å². The lowest BCUT2D eigenvalue weighted by atomic mass is 10.2. The molecule has 0 spiro atoms. The normalized spacial score (nSPS) is 10.8. The van der Waals surface area contributed by atoms with E-state index in [0.717, 1.165) is 30.0 Å². The molecule has 2 heterocycles. The van der Waals surface area contributed by atoms with Crippen molar-refractivity contribution in [2.24, 2.45) is 7.05 Å². The van der Waals surface area contributed by atoms with Crippen molar-refractivity contribution in [2.75, 3.05) is 13.6 Å². The van der Waals surface area contributed by atoms with Crippen LogP contribution < -0.4 is 5.32 Å². The van der Waals surface area contributed by atoms with E-state index in [1.54, 1.807) is 6.20 Å². The van der Waals surface area contributed by atoms with Crippen molar-refractivity contribution < 1.29 is 0 Å². The predicted octanol–water partition coefficient (Wildman–Crippen LogP) is 1.55. The summed E-state index contributed by atoms with van der Waals surface area (Å²) in [6, 6.07) is 3.99. The summed E-state index contributed by atoms with van der Waals surface area (Å²) < 4.78 is 2.15. The molecule has 0 fully saturated rings. The summed E-state index contributed by atoms with van der Waals surface area (Å²) in [4.78, 5) is 8.84. The molecule has 0 aliphatic rings. The zero-order valence-corrected chi connectivity index (χ0v) is 10.6. The van der Waals surface area contributed by atoms with Crippen molar-refractivity contribution in [1.82, 2.24) is 19.9 Å². The molecule has 0 aliphatic carbocycles. The zero-order valence-electron chi connectivity index (χ0n) is 10.6. The molecule has 0 aromatic carbocycles. The number of nitrogens with one attached hydrogen (secondary N) is 1. The average molecular weight is 230 g/mol. The van der Waals surface area contributed by atoms with Gasteiger partial charge in [0.05, 0.1) is 5.69 Å². The van der Waals surface area contributed by atoms with Gasteiger partial charge in [-0.2, -0.15) is 0 Å². The first-order chi connectivity index (χ1) is 8.24. The first-order valence-electron chi connectivity index (χ1n) is 5.81. The highest BCUT2D eigenvalue weighted by Crippen LogP contribution is 2.21. The Bertz CT molecular complexity index is 488. The van der Waals surface area contributed by atoms with Gasteiger partial charge in [-0.3, -0.25) is 4.98 Å². The minimum absolute atomic E-state index is 0.939. The van der Waals surface area contributed by atoms with Crippen LogP contribution in [-0.4, -0.2) is 28.1 Å². The summed E-state index contributed by atoms with van der Waals surface area (Å²) in [6.45, 7) is 3.04. The molecule has 1 N–H and O–H groups in total. The van der Waals surface area contributed by atoms with Crippen LogP contribution in [0.5, 0.6) is 0 Å². The lowest BCUT2D eigenvalue weighted by Crippen LogP contribution is -2.13. The van der Waals surface area contributed by atoms with E-state index in [1.807, 2.05) is 25.4 Å². The highest BCUT2D eigenvalue weighted by Gasteiger charge is 2.12. The molecule has 90 valence electrons. The summed E-state index contributed by atoms with van der Waals surface area (Å²) in [7, 11) is 4.02. The minimum Gasteiger partial charge on any atom is -0.335 e. The fraction of sp³-hybridized carbons (Fsp3) is 0.385. The van der Waals surface area contributed by atoms with E-state index in [4.69, 9.17) is 4.98 Å². The molecule has 2 aromatic heterocycles. The number of nitrogens with zero attached hydrogens (tertiary/aromatic N) is 3. The van der Waals surface area contributed by atoms with Gasteiger partial charge in [0.15, 0.2) is 0 Å². The first-order valence-corrected chi connectivity index (χ1v) is 5.81. The van der Waals surface area contributed by atoms with Gasteiger partial charge >= 0.3 is 0 Å². The van der Waals surface area contributed by atoms with Crippen molar-refractivity contribution in [1.29, 1.82) is 0 Å². The van der Waals surface area contributed by atoms with Crippen molar-refractivity contribution in [3.8, 4) is 11.3 Å². The van der Waals surface area contributed by atoms with E-state index in [9.17, 15) is 0 Å². The Kier molecular flexibility index (Phi) is 3.54. The Morgan fingerprint density at radius 2 is 2.24 bits per heavy atom. The Morgan fingerprint density at radius 3 is 2.88 bits per heavy atom. The lowest BCUT2D eigenvalue weighted by molar-refractivity contribution is 0.710. The number of rotatable bonds is 4. The number of hydrogen-bond donors (Lipinski definition) is 1. The monoisotopic (exact) mass is 230 g/mol. The lowest BCUT2D eigenvalue weighted by Gasteiger charge is -2.02. The first kappa shape index (κ1) is 11.8. The van der Waals surface area contributed by atoms with Crippen LogP contribution in [0.3, 0.4) is 0 Å². The number of imidazole rings is 1. The topological polar surface area (TPSA) is 42.7 Å². The average Bonchev–Trinajstić information content (AvgIpc) is 2.65. The second-order valence-electron chi connectivity index (χ2n) is 4.12. The highest BCUT2D eigenvalue weighted by atomic mass is 15.1. The zero-order chi connectivity index (χ0) is 12.3. The third-order valence-corrected chi connectivity index (χ3v) is 3.01. The molecule has 0 aliphatic heterocycles. The van der Waals surface area contributed by atoms with E-state index in [2.05, 4.69) is 28.8 Å². The summed E-state index contributed by atoms with van der Waals surface area (Å²) in [5, 5.41) is 3.15. The van der Waals surface area contributed by atoms with Crippen LogP contribution in [0.1, 0.15) is 11.5 Å². The molecule has 0 amide bonds. The Balaban J connectivity index is 2.36. The van der Waals surface area contributed by atoms with Crippen LogP contribution >= 0.6 is 0 Å². The maximum Gasteiger partial charge on any atom is 0.110 e. The van der Waals surface area contributed by atoms with Crippen molar-refractivity contribution in [2.45, 2.75) is 13.3 Å². The minimum atomic E-state index is 0.939. The molecule has 2 aromatic rings. The molecule has 17 heavy (non-hydrogen) atoms. The molecule has 0 unspecified atom stereocenters. The van der Waals surface area contributed by atoms with Crippen LogP contribution in [0.15, 0.2) is 24.5 Å². The summed E-state index contributed by atoms with van der Waals surface area (Å²) in [5.41, 5.74) is 3.30. The quantitative estimate of drug-likeness (QED) is 0.866. The van der Waals surface area contributed by atoms with Crippen molar-refractivity contribution >= 4 is 0 Å². The molecule has 0 radical (unpaired) electrons. The Morgan fingerprint density at radius 1 is 1.41 bits per heavy atom. The molecule has 2 rings (SSSR count). The molecule has 0 bridgehead atoms. The van der Waals surface area contributed by atoms with Gasteiger partial charge in [-0.25, -0.2) is 4.98 Å².